The second-order valence-electron chi connectivity index (χ2n) is 5.47. The lowest BCUT2D eigenvalue weighted by Gasteiger charge is -2.22. The van der Waals surface area contributed by atoms with Crippen molar-refractivity contribution in [1.82, 2.24) is 0 Å². The van der Waals surface area contributed by atoms with Crippen LogP contribution >= 0.6 is 11.6 Å². The highest BCUT2D eigenvalue weighted by atomic mass is 35.5. The van der Waals surface area contributed by atoms with Crippen LogP contribution in [0.15, 0.2) is 18.2 Å². The van der Waals surface area contributed by atoms with Gasteiger partial charge in [-0.3, -0.25) is 0 Å². The molecular weight excluding hydrogens is 230 g/mol. The summed E-state index contributed by atoms with van der Waals surface area (Å²) >= 11 is 6.13. The van der Waals surface area contributed by atoms with Crippen molar-refractivity contribution in [3.05, 3.63) is 28.8 Å². The molecule has 1 N–H and O–H groups in total. The van der Waals surface area contributed by atoms with E-state index in [0.29, 0.717) is 5.92 Å². The Bertz CT molecular complexity index is 394. The molecule has 0 spiro atoms. The van der Waals surface area contributed by atoms with Gasteiger partial charge in [0.15, 0.2) is 0 Å². The van der Waals surface area contributed by atoms with Crippen LogP contribution < -0.4 is 5.32 Å². The third-order valence-corrected chi connectivity index (χ3v) is 4.63. The highest BCUT2D eigenvalue weighted by Crippen LogP contribution is 2.42. The summed E-state index contributed by atoms with van der Waals surface area (Å²) in [5, 5.41) is 4.42. The lowest BCUT2D eigenvalue weighted by atomic mass is 9.83. The largest absolute Gasteiger partial charge is 0.384 e. The number of benzene rings is 1. The van der Waals surface area contributed by atoms with E-state index in [2.05, 4.69) is 17.4 Å². The summed E-state index contributed by atoms with van der Waals surface area (Å²) < 4.78 is 0. The van der Waals surface area contributed by atoms with Crippen LogP contribution in [-0.2, 0) is 0 Å². The van der Waals surface area contributed by atoms with Gasteiger partial charge in [0.2, 0.25) is 0 Å². The van der Waals surface area contributed by atoms with Crippen LogP contribution in [0.4, 0.5) is 5.69 Å². The Labute approximate surface area is 109 Å². The molecule has 1 atom stereocenters. The first-order valence-electron chi connectivity index (χ1n) is 6.88. The molecule has 1 unspecified atom stereocenters. The van der Waals surface area contributed by atoms with Crippen molar-refractivity contribution >= 4 is 17.3 Å². The average Bonchev–Trinajstić information content (AvgIpc) is 2.58. The molecule has 2 aliphatic rings. The third-order valence-electron chi connectivity index (χ3n) is 4.39. The van der Waals surface area contributed by atoms with E-state index in [1.807, 2.05) is 6.07 Å². The molecule has 0 aromatic heterocycles. The molecule has 1 aliphatic heterocycles. The monoisotopic (exact) mass is 249 g/mol. The smallest absolute Gasteiger partial charge is 0.0410 e. The first kappa shape index (κ1) is 11.4. The van der Waals surface area contributed by atoms with Crippen molar-refractivity contribution in [3.63, 3.8) is 0 Å². The second-order valence-corrected chi connectivity index (χ2v) is 5.91. The Morgan fingerprint density at radius 3 is 2.59 bits per heavy atom. The predicted octanol–water partition coefficient (Wildman–Crippen LogP) is 4.82. The fourth-order valence-electron chi connectivity index (χ4n) is 3.47. The van der Waals surface area contributed by atoms with Crippen molar-refractivity contribution < 1.29 is 0 Å². The molecule has 0 bridgehead atoms. The van der Waals surface area contributed by atoms with E-state index in [1.165, 1.54) is 49.8 Å². The van der Waals surface area contributed by atoms with Gasteiger partial charge in [-0.15, -0.1) is 0 Å². The lowest BCUT2D eigenvalue weighted by molar-refractivity contribution is 0.394. The van der Waals surface area contributed by atoms with Gasteiger partial charge in [0.05, 0.1) is 0 Å². The molecule has 3 rings (SSSR count). The maximum atomic E-state index is 6.13. The van der Waals surface area contributed by atoms with Crippen LogP contribution in [-0.4, -0.2) is 6.54 Å². The zero-order valence-corrected chi connectivity index (χ0v) is 11.0. The van der Waals surface area contributed by atoms with E-state index in [1.54, 1.807) is 0 Å². The fourth-order valence-corrected chi connectivity index (χ4v) is 3.65. The molecule has 1 saturated carbocycles. The fraction of sp³-hybridized carbons (Fsp3) is 0.600. The van der Waals surface area contributed by atoms with E-state index in [0.717, 1.165) is 17.5 Å². The maximum Gasteiger partial charge on any atom is 0.0410 e. The number of hydrogen-bond acceptors (Lipinski definition) is 1. The second kappa shape index (κ2) is 4.89. The molecule has 1 heterocycles. The Morgan fingerprint density at radius 1 is 1.06 bits per heavy atom. The Morgan fingerprint density at radius 2 is 1.82 bits per heavy atom. The van der Waals surface area contributed by atoms with Crippen molar-refractivity contribution in [1.29, 1.82) is 0 Å². The van der Waals surface area contributed by atoms with E-state index in [-0.39, 0.29) is 0 Å². The molecule has 2 heteroatoms. The van der Waals surface area contributed by atoms with E-state index < -0.39 is 0 Å². The first-order chi connectivity index (χ1) is 8.34. The summed E-state index contributed by atoms with van der Waals surface area (Å²) in [6.07, 6.45) is 8.49. The standard InChI is InChI=1S/C15H20ClN/c16-12-7-8-15-13(9-12)14(10-17-15)11-5-3-1-2-4-6-11/h7-9,11,14,17H,1-6,10H2. The molecule has 92 valence electrons. The van der Waals surface area contributed by atoms with Crippen molar-refractivity contribution in [2.24, 2.45) is 5.92 Å². The minimum absolute atomic E-state index is 0.696. The predicted molar refractivity (Wildman–Crippen MR) is 73.9 cm³/mol. The molecule has 1 nitrogen and oxygen atoms in total. The normalized spacial score (nSPS) is 25.1. The summed E-state index contributed by atoms with van der Waals surface area (Å²) in [5.74, 6) is 1.56. The highest BCUT2D eigenvalue weighted by Gasteiger charge is 2.29. The first-order valence-corrected chi connectivity index (χ1v) is 7.26. The summed E-state index contributed by atoms with van der Waals surface area (Å²) in [6, 6.07) is 6.30. The topological polar surface area (TPSA) is 12.0 Å². The van der Waals surface area contributed by atoms with Crippen molar-refractivity contribution in [3.8, 4) is 0 Å². The van der Waals surface area contributed by atoms with Gasteiger partial charge < -0.3 is 5.32 Å². The van der Waals surface area contributed by atoms with Crippen LogP contribution in [0.2, 0.25) is 5.02 Å². The van der Waals surface area contributed by atoms with Crippen molar-refractivity contribution in [2.45, 2.75) is 44.4 Å². The van der Waals surface area contributed by atoms with Gasteiger partial charge in [-0.2, -0.15) is 0 Å². The average molecular weight is 250 g/mol. The zero-order valence-electron chi connectivity index (χ0n) is 10.2. The number of halogens is 1. The lowest BCUT2D eigenvalue weighted by Crippen LogP contribution is -2.14. The zero-order chi connectivity index (χ0) is 11.7. The number of nitrogens with one attached hydrogen (secondary N) is 1. The third kappa shape index (κ3) is 2.30. The van der Waals surface area contributed by atoms with Gasteiger partial charge in [-0.25, -0.2) is 0 Å². The van der Waals surface area contributed by atoms with Crippen LogP contribution in [0.25, 0.3) is 0 Å². The maximum absolute atomic E-state index is 6.13. The number of hydrogen-bond donors (Lipinski definition) is 1. The Kier molecular flexibility index (Phi) is 3.28. The Hall–Kier alpha value is -0.690. The molecule has 1 aromatic rings. The van der Waals surface area contributed by atoms with Gasteiger partial charge in [0, 0.05) is 23.2 Å². The quantitative estimate of drug-likeness (QED) is 0.704. The summed E-state index contributed by atoms with van der Waals surface area (Å²) in [7, 11) is 0. The van der Waals surface area contributed by atoms with Gasteiger partial charge in [0.25, 0.3) is 0 Å². The van der Waals surface area contributed by atoms with Crippen LogP contribution in [0.3, 0.4) is 0 Å². The van der Waals surface area contributed by atoms with E-state index >= 15 is 0 Å². The van der Waals surface area contributed by atoms with Gasteiger partial charge in [-0.1, -0.05) is 37.3 Å². The van der Waals surface area contributed by atoms with E-state index in [9.17, 15) is 0 Å². The van der Waals surface area contributed by atoms with Gasteiger partial charge in [-0.05, 0) is 42.5 Å². The number of rotatable bonds is 1. The summed E-state index contributed by atoms with van der Waals surface area (Å²) in [4.78, 5) is 0. The summed E-state index contributed by atoms with van der Waals surface area (Å²) in [5.41, 5.74) is 2.77. The SMILES string of the molecule is Clc1ccc2c(c1)C(C1CCCCCC1)CN2. The Balaban J connectivity index is 1.84. The number of anilines is 1. The minimum atomic E-state index is 0.696. The van der Waals surface area contributed by atoms with Crippen LogP contribution in [0.5, 0.6) is 0 Å². The molecule has 17 heavy (non-hydrogen) atoms. The highest BCUT2D eigenvalue weighted by molar-refractivity contribution is 6.30. The molecule has 1 fully saturated rings. The molecule has 1 aliphatic carbocycles. The number of fused-ring (bicyclic) bond motifs is 1. The van der Waals surface area contributed by atoms with E-state index in [4.69, 9.17) is 11.6 Å². The molecule has 0 saturated heterocycles. The van der Waals surface area contributed by atoms with Gasteiger partial charge in [0.1, 0.15) is 0 Å². The summed E-state index contributed by atoms with van der Waals surface area (Å²) in [6.45, 7) is 1.11. The van der Waals surface area contributed by atoms with Crippen LogP contribution in [0.1, 0.15) is 50.0 Å². The van der Waals surface area contributed by atoms with Crippen LogP contribution in [0, 0.1) is 5.92 Å². The molecule has 0 radical (unpaired) electrons. The minimum Gasteiger partial charge on any atom is -0.384 e. The van der Waals surface area contributed by atoms with Gasteiger partial charge >= 0.3 is 0 Å². The molecule has 1 aromatic carbocycles. The molecular formula is C15H20ClN. The van der Waals surface area contributed by atoms with Crippen molar-refractivity contribution in [2.75, 3.05) is 11.9 Å². The molecule has 0 amide bonds.